The number of nitrogens with zero attached hydrogens (tertiary/aromatic N) is 2. The lowest BCUT2D eigenvalue weighted by Crippen LogP contribution is -2.22. The molecule has 0 saturated carbocycles. The fourth-order valence-corrected chi connectivity index (χ4v) is 4.92. The largest absolute Gasteiger partial charge is 0.250 e. The normalized spacial score (nSPS) is 11.7. The Bertz CT molecular complexity index is 872. The molecular weight excluding hydrogens is 386 g/mol. The van der Waals surface area contributed by atoms with E-state index in [1.807, 2.05) is 30.3 Å². The maximum Gasteiger partial charge on any atom is 0.250 e. The second-order valence-electron chi connectivity index (χ2n) is 4.47. The highest BCUT2D eigenvalue weighted by atomic mass is 79.9. The van der Waals surface area contributed by atoms with Crippen molar-refractivity contribution >= 4 is 37.3 Å². The number of rotatable bonds is 5. The van der Waals surface area contributed by atoms with Crippen LogP contribution in [0.25, 0.3) is 5.69 Å². The summed E-state index contributed by atoms with van der Waals surface area (Å²) in [6.07, 6.45) is 1.81. The molecule has 2 aromatic heterocycles. The third kappa shape index (κ3) is 3.46. The Hall–Kier alpha value is -1.48. The molecule has 1 aromatic carbocycles. The summed E-state index contributed by atoms with van der Waals surface area (Å²) in [5.41, 5.74) is 1.59. The SMILES string of the molecule is O=S(=O)(NCc1ccn(-c2ccccc2)n1)c1ccc(Br)s1. The summed E-state index contributed by atoms with van der Waals surface area (Å²) in [6.45, 7) is 0.150. The average Bonchev–Trinajstić information content (AvgIpc) is 3.15. The molecule has 0 spiro atoms. The van der Waals surface area contributed by atoms with E-state index in [1.54, 1.807) is 29.1 Å². The molecule has 2 heterocycles. The Morgan fingerprint density at radius 3 is 2.59 bits per heavy atom. The molecule has 0 aliphatic rings. The van der Waals surface area contributed by atoms with E-state index in [0.29, 0.717) is 5.69 Å². The van der Waals surface area contributed by atoms with Crippen molar-refractivity contribution < 1.29 is 8.42 Å². The quantitative estimate of drug-likeness (QED) is 0.718. The predicted molar refractivity (Wildman–Crippen MR) is 89.6 cm³/mol. The number of hydrogen-bond donors (Lipinski definition) is 1. The van der Waals surface area contributed by atoms with Gasteiger partial charge in [0, 0.05) is 6.20 Å². The van der Waals surface area contributed by atoms with Gasteiger partial charge in [0.25, 0.3) is 0 Å². The predicted octanol–water partition coefficient (Wildman–Crippen LogP) is 3.17. The molecule has 0 amide bonds. The van der Waals surface area contributed by atoms with Crippen LogP contribution in [0, 0.1) is 0 Å². The number of benzene rings is 1. The van der Waals surface area contributed by atoms with Crippen molar-refractivity contribution in [3.63, 3.8) is 0 Å². The zero-order chi connectivity index (χ0) is 15.6. The van der Waals surface area contributed by atoms with Gasteiger partial charge in [0.1, 0.15) is 4.21 Å². The van der Waals surface area contributed by atoms with Crippen LogP contribution in [-0.4, -0.2) is 18.2 Å². The van der Waals surface area contributed by atoms with Gasteiger partial charge in [0.05, 0.1) is 21.7 Å². The van der Waals surface area contributed by atoms with Crippen LogP contribution < -0.4 is 4.72 Å². The molecule has 0 atom stereocenters. The number of aromatic nitrogens is 2. The van der Waals surface area contributed by atoms with Crippen molar-refractivity contribution in [1.29, 1.82) is 0 Å². The summed E-state index contributed by atoms with van der Waals surface area (Å²) in [7, 11) is -3.50. The highest BCUT2D eigenvalue weighted by Crippen LogP contribution is 2.25. The average molecular weight is 398 g/mol. The zero-order valence-corrected chi connectivity index (χ0v) is 14.5. The van der Waals surface area contributed by atoms with Gasteiger partial charge >= 0.3 is 0 Å². The Balaban J connectivity index is 1.71. The standard InChI is InChI=1S/C14H12BrN3O2S2/c15-13-6-7-14(21-13)22(19,20)16-10-11-8-9-18(17-11)12-4-2-1-3-5-12/h1-9,16H,10H2. The summed E-state index contributed by atoms with van der Waals surface area (Å²) in [4.78, 5) is 0. The van der Waals surface area contributed by atoms with E-state index in [1.165, 1.54) is 11.3 Å². The fourth-order valence-electron chi connectivity index (χ4n) is 1.86. The molecule has 0 aliphatic heterocycles. The van der Waals surface area contributed by atoms with E-state index in [4.69, 9.17) is 0 Å². The topological polar surface area (TPSA) is 64.0 Å². The second kappa shape index (κ2) is 6.33. The molecule has 0 saturated heterocycles. The second-order valence-corrected chi connectivity index (χ2v) is 8.93. The molecule has 0 aliphatic carbocycles. The van der Waals surface area contributed by atoms with Crippen LogP contribution >= 0.6 is 27.3 Å². The van der Waals surface area contributed by atoms with E-state index >= 15 is 0 Å². The van der Waals surface area contributed by atoms with Crippen LogP contribution in [0.15, 0.2) is 62.7 Å². The minimum Gasteiger partial charge on any atom is -0.241 e. The van der Waals surface area contributed by atoms with Crippen LogP contribution in [-0.2, 0) is 16.6 Å². The molecule has 22 heavy (non-hydrogen) atoms. The van der Waals surface area contributed by atoms with E-state index in [9.17, 15) is 8.42 Å². The highest BCUT2D eigenvalue weighted by Gasteiger charge is 2.16. The molecule has 1 N–H and O–H groups in total. The van der Waals surface area contributed by atoms with E-state index in [0.717, 1.165) is 9.47 Å². The van der Waals surface area contributed by atoms with Gasteiger partial charge in [-0.15, -0.1) is 11.3 Å². The van der Waals surface area contributed by atoms with E-state index < -0.39 is 10.0 Å². The lowest BCUT2D eigenvalue weighted by molar-refractivity contribution is 0.582. The molecule has 114 valence electrons. The molecular formula is C14H12BrN3O2S2. The Morgan fingerprint density at radius 1 is 1.14 bits per heavy atom. The Morgan fingerprint density at radius 2 is 1.91 bits per heavy atom. The summed E-state index contributed by atoms with van der Waals surface area (Å²) >= 11 is 4.43. The summed E-state index contributed by atoms with van der Waals surface area (Å²) < 4.78 is 29.6. The van der Waals surface area contributed by atoms with Gasteiger partial charge in [-0.2, -0.15) is 5.10 Å². The van der Waals surface area contributed by atoms with Crippen molar-refractivity contribution in [1.82, 2.24) is 14.5 Å². The molecule has 0 radical (unpaired) electrons. The van der Waals surface area contributed by atoms with Crippen molar-refractivity contribution in [3.05, 3.63) is 64.2 Å². The van der Waals surface area contributed by atoms with Crippen molar-refractivity contribution in [2.75, 3.05) is 0 Å². The highest BCUT2D eigenvalue weighted by molar-refractivity contribution is 9.11. The first kappa shape index (κ1) is 15.4. The molecule has 0 fully saturated rings. The Labute approximate surface area is 140 Å². The maximum absolute atomic E-state index is 12.1. The zero-order valence-electron chi connectivity index (χ0n) is 11.3. The summed E-state index contributed by atoms with van der Waals surface area (Å²) in [5, 5.41) is 4.37. The minimum atomic E-state index is -3.50. The number of para-hydroxylation sites is 1. The maximum atomic E-state index is 12.1. The molecule has 3 aromatic rings. The lowest BCUT2D eigenvalue weighted by Gasteiger charge is -2.03. The molecule has 8 heteroatoms. The third-order valence-corrected chi connectivity index (χ3v) is 6.44. The van der Waals surface area contributed by atoms with Gasteiger partial charge < -0.3 is 0 Å². The summed E-state index contributed by atoms with van der Waals surface area (Å²) in [6, 6.07) is 14.7. The Kier molecular flexibility index (Phi) is 4.44. The smallest absolute Gasteiger partial charge is 0.241 e. The number of halogens is 1. The van der Waals surface area contributed by atoms with Gasteiger partial charge in [0.15, 0.2) is 0 Å². The first-order chi connectivity index (χ1) is 10.5. The van der Waals surface area contributed by atoms with Gasteiger partial charge in [-0.1, -0.05) is 18.2 Å². The van der Waals surface area contributed by atoms with Crippen molar-refractivity contribution in [2.24, 2.45) is 0 Å². The molecule has 3 rings (SSSR count). The van der Waals surface area contributed by atoms with Crippen molar-refractivity contribution in [3.8, 4) is 5.69 Å². The van der Waals surface area contributed by atoms with E-state index in [-0.39, 0.29) is 10.8 Å². The van der Waals surface area contributed by atoms with Crippen LogP contribution in [0.3, 0.4) is 0 Å². The van der Waals surface area contributed by atoms with Crippen LogP contribution in [0.1, 0.15) is 5.69 Å². The fraction of sp³-hybridized carbons (Fsp3) is 0.0714. The first-order valence-corrected chi connectivity index (χ1v) is 9.49. The van der Waals surface area contributed by atoms with Gasteiger partial charge in [-0.3, -0.25) is 0 Å². The lowest BCUT2D eigenvalue weighted by atomic mass is 10.3. The minimum absolute atomic E-state index is 0.150. The van der Waals surface area contributed by atoms with Crippen LogP contribution in [0.5, 0.6) is 0 Å². The molecule has 0 unspecified atom stereocenters. The number of sulfonamides is 1. The molecule has 0 bridgehead atoms. The monoisotopic (exact) mass is 397 g/mol. The van der Waals surface area contributed by atoms with Crippen LogP contribution in [0.2, 0.25) is 0 Å². The third-order valence-electron chi connectivity index (χ3n) is 2.92. The van der Waals surface area contributed by atoms with Gasteiger partial charge in [0.2, 0.25) is 10.0 Å². The van der Waals surface area contributed by atoms with Crippen molar-refractivity contribution in [2.45, 2.75) is 10.8 Å². The number of nitrogens with one attached hydrogen (secondary N) is 1. The molecule has 5 nitrogen and oxygen atoms in total. The van der Waals surface area contributed by atoms with Crippen LogP contribution in [0.4, 0.5) is 0 Å². The first-order valence-electron chi connectivity index (χ1n) is 6.39. The van der Waals surface area contributed by atoms with Gasteiger partial charge in [-0.05, 0) is 46.3 Å². The number of hydrogen-bond acceptors (Lipinski definition) is 4. The number of thiophene rings is 1. The van der Waals surface area contributed by atoms with E-state index in [2.05, 4.69) is 25.8 Å². The van der Waals surface area contributed by atoms with Gasteiger partial charge in [-0.25, -0.2) is 17.8 Å². The summed E-state index contributed by atoms with van der Waals surface area (Å²) in [5.74, 6) is 0.